The topological polar surface area (TPSA) is 49.8 Å². The van der Waals surface area contributed by atoms with Crippen molar-refractivity contribution in [3.05, 3.63) is 35.9 Å². The number of aliphatic hydroxyl groups is 1. The molecule has 0 saturated carbocycles. The van der Waals surface area contributed by atoms with E-state index in [4.69, 9.17) is 4.74 Å². The molecule has 23 heavy (non-hydrogen) atoms. The van der Waals surface area contributed by atoms with Gasteiger partial charge in [-0.1, -0.05) is 43.7 Å². The minimum Gasteiger partial charge on any atom is -0.460 e. The monoisotopic (exact) mass is 317 g/mol. The third-order valence-corrected chi connectivity index (χ3v) is 5.52. The average Bonchev–Trinajstić information content (AvgIpc) is 2.61. The Balaban J connectivity index is 1.80. The highest BCUT2D eigenvalue weighted by Crippen LogP contribution is 2.35. The van der Waals surface area contributed by atoms with Crippen molar-refractivity contribution >= 4 is 5.97 Å². The number of piperidine rings is 3. The Hall–Kier alpha value is -1.39. The van der Waals surface area contributed by atoms with Crippen molar-refractivity contribution in [3.8, 4) is 0 Å². The molecule has 4 rings (SSSR count). The summed E-state index contributed by atoms with van der Waals surface area (Å²) < 4.78 is 5.95. The molecule has 2 bridgehead atoms. The molecule has 0 unspecified atom stereocenters. The van der Waals surface area contributed by atoms with Crippen LogP contribution in [0.4, 0.5) is 0 Å². The Bertz CT molecular complexity index is 525. The summed E-state index contributed by atoms with van der Waals surface area (Å²) >= 11 is 0. The largest absolute Gasteiger partial charge is 0.460 e. The maximum absolute atomic E-state index is 13.0. The van der Waals surface area contributed by atoms with Gasteiger partial charge in [0.15, 0.2) is 0 Å². The van der Waals surface area contributed by atoms with E-state index in [1.54, 1.807) is 0 Å². The van der Waals surface area contributed by atoms with Crippen molar-refractivity contribution < 1.29 is 14.6 Å². The molecule has 4 heteroatoms. The summed E-state index contributed by atoms with van der Waals surface area (Å²) in [5.74, 6) is 0.226. The zero-order valence-corrected chi connectivity index (χ0v) is 13.9. The summed E-state index contributed by atoms with van der Waals surface area (Å²) in [4.78, 5) is 15.4. The van der Waals surface area contributed by atoms with Gasteiger partial charge in [0.05, 0.1) is 6.61 Å². The van der Waals surface area contributed by atoms with Gasteiger partial charge in [-0.25, -0.2) is 0 Å². The lowest BCUT2D eigenvalue weighted by Crippen LogP contribution is -2.54. The third kappa shape index (κ3) is 3.15. The molecule has 1 aromatic rings. The Morgan fingerprint density at radius 1 is 1.30 bits per heavy atom. The summed E-state index contributed by atoms with van der Waals surface area (Å²) in [6, 6.07) is 9.59. The highest BCUT2D eigenvalue weighted by molar-refractivity contribution is 5.83. The molecule has 1 N–H and O–H groups in total. The highest BCUT2D eigenvalue weighted by Gasteiger charge is 2.44. The van der Waals surface area contributed by atoms with Gasteiger partial charge in [-0.05, 0) is 43.8 Å². The fourth-order valence-corrected chi connectivity index (χ4v) is 4.08. The van der Waals surface area contributed by atoms with Crippen LogP contribution in [-0.4, -0.2) is 48.3 Å². The molecule has 0 aliphatic carbocycles. The molecule has 3 aliphatic heterocycles. The zero-order chi connectivity index (χ0) is 16.3. The van der Waals surface area contributed by atoms with Gasteiger partial charge in [-0.2, -0.15) is 0 Å². The van der Waals surface area contributed by atoms with Crippen molar-refractivity contribution in [2.75, 3.05) is 26.2 Å². The van der Waals surface area contributed by atoms with Crippen LogP contribution in [0.1, 0.15) is 38.2 Å². The number of hydrogen-bond donors (Lipinski definition) is 1. The predicted octanol–water partition coefficient (Wildman–Crippen LogP) is 2.35. The van der Waals surface area contributed by atoms with Crippen molar-refractivity contribution in [1.82, 2.24) is 4.90 Å². The van der Waals surface area contributed by atoms with Crippen LogP contribution >= 0.6 is 0 Å². The number of carbonyl (C=O) groups excluding carboxylic acids is 1. The second-order valence-electron chi connectivity index (χ2n) is 6.94. The fourth-order valence-electron chi connectivity index (χ4n) is 4.08. The van der Waals surface area contributed by atoms with Crippen LogP contribution in [0.5, 0.6) is 0 Å². The van der Waals surface area contributed by atoms with Crippen molar-refractivity contribution in [1.29, 1.82) is 0 Å². The molecule has 3 saturated heterocycles. The number of hydrogen-bond acceptors (Lipinski definition) is 4. The first-order valence-electron chi connectivity index (χ1n) is 8.79. The van der Waals surface area contributed by atoms with E-state index in [2.05, 4.69) is 4.90 Å². The van der Waals surface area contributed by atoms with Crippen LogP contribution in [0.25, 0.3) is 0 Å². The fraction of sp³-hybridized carbons (Fsp3) is 0.632. The van der Waals surface area contributed by atoms with Crippen LogP contribution in [0.2, 0.25) is 0 Å². The second kappa shape index (κ2) is 7.02. The van der Waals surface area contributed by atoms with Crippen molar-refractivity contribution in [2.24, 2.45) is 5.92 Å². The molecule has 0 aromatic heterocycles. The van der Waals surface area contributed by atoms with Gasteiger partial charge in [0.2, 0.25) is 0 Å². The van der Waals surface area contributed by atoms with Crippen LogP contribution < -0.4 is 0 Å². The molecule has 1 aromatic carbocycles. The normalized spacial score (nSPS) is 29.0. The number of rotatable bonds is 6. The van der Waals surface area contributed by atoms with Crippen LogP contribution in [0.15, 0.2) is 30.3 Å². The van der Waals surface area contributed by atoms with Gasteiger partial charge in [0.1, 0.15) is 11.5 Å². The summed E-state index contributed by atoms with van der Waals surface area (Å²) in [6.07, 6.45) is 3.64. The Morgan fingerprint density at radius 3 is 2.52 bits per heavy atom. The number of fused-ring (bicyclic) bond motifs is 3. The summed E-state index contributed by atoms with van der Waals surface area (Å²) in [7, 11) is 0. The van der Waals surface area contributed by atoms with Crippen LogP contribution in [0.3, 0.4) is 0 Å². The second-order valence-corrected chi connectivity index (χ2v) is 6.94. The van der Waals surface area contributed by atoms with Gasteiger partial charge >= 0.3 is 5.97 Å². The lowest BCUT2D eigenvalue weighted by atomic mass is 9.77. The van der Waals surface area contributed by atoms with E-state index in [1.165, 1.54) is 0 Å². The molecule has 0 amide bonds. The lowest BCUT2D eigenvalue weighted by Gasteiger charge is -2.45. The third-order valence-electron chi connectivity index (χ3n) is 5.52. The summed E-state index contributed by atoms with van der Waals surface area (Å²) in [6.45, 7) is 4.92. The van der Waals surface area contributed by atoms with Crippen molar-refractivity contribution in [2.45, 2.75) is 44.1 Å². The van der Waals surface area contributed by atoms with Gasteiger partial charge < -0.3 is 9.84 Å². The van der Waals surface area contributed by atoms with Crippen LogP contribution in [0, 0.1) is 5.92 Å². The van der Waals surface area contributed by atoms with Gasteiger partial charge in [-0.3, -0.25) is 9.69 Å². The Kier molecular flexibility index (Phi) is 5.02. The van der Waals surface area contributed by atoms with E-state index < -0.39 is 5.41 Å². The maximum Gasteiger partial charge on any atom is 0.319 e. The standard InChI is InChI=1S/C19H27NO3/c1-2-10-19(14-21,16-6-4-3-5-7-16)18(22)23-17-13-20-11-8-15(17)9-12-20/h3-7,15,17,21H,2,8-14H2,1H3/t17-,19-/m1/s1. The van der Waals surface area contributed by atoms with E-state index in [-0.39, 0.29) is 18.7 Å². The van der Waals surface area contributed by atoms with Crippen molar-refractivity contribution in [3.63, 3.8) is 0 Å². The van der Waals surface area contributed by atoms with Crippen LogP contribution in [-0.2, 0) is 14.9 Å². The molecule has 0 radical (unpaired) electrons. The number of benzene rings is 1. The number of nitrogens with zero attached hydrogens (tertiary/aromatic N) is 1. The van der Waals surface area contributed by atoms with Gasteiger partial charge in [-0.15, -0.1) is 0 Å². The maximum atomic E-state index is 13.0. The van der Waals surface area contributed by atoms with Gasteiger partial charge in [0.25, 0.3) is 0 Å². The predicted molar refractivity (Wildman–Crippen MR) is 89.2 cm³/mol. The first kappa shape index (κ1) is 16.5. The first-order valence-corrected chi connectivity index (χ1v) is 8.79. The molecular weight excluding hydrogens is 290 g/mol. The first-order chi connectivity index (χ1) is 11.2. The molecule has 3 aliphatic rings. The molecule has 2 atom stereocenters. The average molecular weight is 317 g/mol. The molecule has 3 fully saturated rings. The van der Waals surface area contributed by atoms with E-state index >= 15 is 0 Å². The number of ether oxygens (including phenoxy) is 1. The summed E-state index contributed by atoms with van der Waals surface area (Å²) in [5, 5.41) is 10.1. The van der Waals surface area contributed by atoms with Gasteiger partial charge in [0, 0.05) is 6.54 Å². The summed E-state index contributed by atoms with van der Waals surface area (Å²) in [5.41, 5.74) is -0.0715. The van der Waals surface area contributed by atoms with E-state index in [9.17, 15) is 9.90 Å². The highest BCUT2D eigenvalue weighted by atomic mass is 16.5. The molecule has 0 spiro atoms. The zero-order valence-electron chi connectivity index (χ0n) is 13.9. The Labute approximate surface area is 138 Å². The Morgan fingerprint density at radius 2 is 2.00 bits per heavy atom. The number of carbonyl (C=O) groups is 1. The van der Waals surface area contributed by atoms with E-state index in [0.717, 1.165) is 44.5 Å². The number of aliphatic hydroxyl groups excluding tert-OH is 1. The minimum atomic E-state index is -0.929. The smallest absolute Gasteiger partial charge is 0.319 e. The molecule has 4 nitrogen and oxygen atoms in total. The quantitative estimate of drug-likeness (QED) is 0.818. The molecule has 126 valence electrons. The molecular formula is C19H27NO3. The number of esters is 1. The lowest BCUT2D eigenvalue weighted by molar-refractivity contribution is -0.168. The molecule has 3 heterocycles. The SMILES string of the molecule is CCC[C@](CO)(C(=O)O[C@@H]1CN2CCC1CC2)c1ccccc1. The minimum absolute atomic E-state index is 0.0171. The van der Waals surface area contributed by atoms with E-state index in [1.807, 2.05) is 37.3 Å². The van der Waals surface area contributed by atoms with E-state index in [0.29, 0.717) is 12.3 Å².